The quantitative estimate of drug-likeness (QED) is 0.619. The van der Waals surface area contributed by atoms with Crippen molar-refractivity contribution >= 4 is 17.9 Å². The number of hydrogen-bond acceptors (Lipinski definition) is 7. The number of oxime groups is 1. The van der Waals surface area contributed by atoms with Gasteiger partial charge in [0.2, 0.25) is 0 Å². The highest BCUT2D eigenvalue weighted by Gasteiger charge is 2.06. The number of nitrogens with zero attached hydrogens (tertiary/aromatic N) is 2. The molecular formula is C15H17N3O5. The van der Waals surface area contributed by atoms with Gasteiger partial charge in [-0.05, 0) is 25.1 Å². The van der Waals surface area contributed by atoms with Crippen molar-refractivity contribution in [2.24, 2.45) is 5.16 Å². The minimum Gasteiger partial charge on any atom is -0.493 e. The van der Waals surface area contributed by atoms with Crippen LogP contribution in [-0.2, 0) is 9.63 Å². The standard InChI is InChI=1S/C15H17N3O5/c1-10-6-14(18-23-10)17-15(19)9-22-16-8-11-4-5-12(20-2)13(7-11)21-3/h4-8H,9H2,1-3H3,(H,17,18,19). The highest BCUT2D eigenvalue weighted by Crippen LogP contribution is 2.26. The van der Waals surface area contributed by atoms with Gasteiger partial charge in [0.15, 0.2) is 23.9 Å². The number of amides is 1. The third kappa shape index (κ3) is 4.73. The largest absolute Gasteiger partial charge is 0.493 e. The summed E-state index contributed by atoms with van der Waals surface area (Å²) < 4.78 is 15.2. The number of aromatic nitrogens is 1. The van der Waals surface area contributed by atoms with Crippen LogP contribution in [0.15, 0.2) is 33.9 Å². The van der Waals surface area contributed by atoms with Gasteiger partial charge in [-0.1, -0.05) is 10.3 Å². The van der Waals surface area contributed by atoms with E-state index in [9.17, 15) is 4.79 Å². The molecule has 0 saturated heterocycles. The zero-order chi connectivity index (χ0) is 16.7. The second-order valence-electron chi connectivity index (χ2n) is 4.49. The minimum absolute atomic E-state index is 0.240. The van der Waals surface area contributed by atoms with E-state index in [4.69, 9.17) is 18.8 Å². The van der Waals surface area contributed by atoms with Gasteiger partial charge in [-0.2, -0.15) is 0 Å². The first-order chi connectivity index (χ1) is 11.1. The Hall–Kier alpha value is -3.03. The number of hydrogen-bond donors (Lipinski definition) is 1. The molecule has 1 amide bonds. The van der Waals surface area contributed by atoms with Gasteiger partial charge < -0.3 is 24.2 Å². The molecule has 8 heteroatoms. The number of benzene rings is 1. The number of rotatable bonds is 7. The van der Waals surface area contributed by atoms with Crippen LogP contribution in [0.1, 0.15) is 11.3 Å². The average molecular weight is 319 g/mol. The van der Waals surface area contributed by atoms with Gasteiger partial charge in [0.25, 0.3) is 5.91 Å². The molecule has 0 atom stereocenters. The van der Waals surface area contributed by atoms with Crippen molar-refractivity contribution in [3.05, 3.63) is 35.6 Å². The number of nitrogens with one attached hydrogen (secondary N) is 1. The molecule has 0 spiro atoms. The summed E-state index contributed by atoms with van der Waals surface area (Å²) in [5, 5.41) is 9.89. The Morgan fingerprint density at radius 1 is 1.30 bits per heavy atom. The van der Waals surface area contributed by atoms with E-state index in [2.05, 4.69) is 15.6 Å². The summed E-state index contributed by atoms with van der Waals surface area (Å²) in [6.07, 6.45) is 1.47. The molecule has 2 aromatic rings. The Morgan fingerprint density at radius 3 is 2.74 bits per heavy atom. The molecule has 0 aliphatic carbocycles. The second-order valence-corrected chi connectivity index (χ2v) is 4.49. The van der Waals surface area contributed by atoms with E-state index in [1.165, 1.54) is 6.21 Å². The predicted octanol–water partition coefficient (Wildman–Crippen LogP) is 1.99. The molecule has 0 bridgehead atoms. The van der Waals surface area contributed by atoms with Crippen molar-refractivity contribution < 1.29 is 23.6 Å². The van der Waals surface area contributed by atoms with Crippen LogP contribution in [0.5, 0.6) is 11.5 Å². The fourth-order valence-electron chi connectivity index (χ4n) is 1.73. The molecule has 1 aromatic carbocycles. The van der Waals surface area contributed by atoms with E-state index in [1.807, 2.05) is 0 Å². The van der Waals surface area contributed by atoms with E-state index in [1.54, 1.807) is 45.4 Å². The van der Waals surface area contributed by atoms with Crippen LogP contribution < -0.4 is 14.8 Å². The molecule has 0 unspecified atom stereocenters. The summed E-state index contributed by atoms with van der Waals surface area (Å²) >= 11 is 0. The molecule has 0 fully saturated rings. The summed E-state index contributed by atoms with van der Waals surface area (Å²) in [5.74, 6) is 1.75. The van der Waals surface area contributed by atoms with E-state index >= 15 is 0 Å². The van der Waals surface area contributed by atoms with E-state index in [-0.39, 0.29) is 12.5 Å². The molecule has 0 saturated carbocycles. The molecule has 0 aliphatic rings. The van der Waals surface area contributed by atoms with Gasteiger partial charge >= 0.3 is 0 Å². The number of anilines is 1. The van der Waals surface area contributed by atoms with Crippen LogP contribution in [0.3, 0.4) is 0 Å². The van der Waals surface area contributed by atoms with Gasteiger partial charge in [0.1, 0.15) is 5.76 Å². The van der Waals surface area contributed by atoms with Gasteiger partial charge in [-0.25, -0.2) is 0 Å². The van der Waals surface area contributed by atoms with Crippen molar-refractivity contribution in [1.82, 2.24) is 5.16 Å². The van der Waals surface area contributed by atoms with Crippen LogP contribution in [0.4, 0.5) is 5.82 Å². The van der Waals surface area contributed by atoms with Crippen molar-refractivity contribution in [2.45, 2.75) is 6.92 Å². The summed E-state index contributed by atoms with van der Waals surface area (Å²) in [6, 6.07) is 6.88. The van der Waals surface area contributed by atoms with Gasteiger partial charge in [0.05, 0.1) is 20.4 Å². The van der Waals surface area contributed by atoms with Crippen molar-refractivity contribution in [1.29, 1.82) is 0 Å². The molecule has 0 radical (unpaired) electrons. The Morgan fingerprint density at radius 2 is 2.09 bits per heavy atom. The maximum Gasteiger partial charge on any atom is 0.266 e. The van der Waals surface area contributed by atoms with Crippen LogP contribution >= 0.6 is 0 Å². The zero-order valence-electron chi connectivity index (χ0n) is 13.0. The molecule has 122 valence electrons. The summed E-state index contributed by atoms with van der Waals surface area (Å²) in [5.41, 5.74) is 0.746. The lowest BCUT2D eigenvalue weighted by Gasteiger charge is -2.07. The molecule has 8 nitrogen and oxygen atoms in total. The van der Waals surface area contributed by atoms with Crippen LogP contribution in [0.25, 0.3) is 0 Å². The van der Waals surface area contributed by atoms with E-state index < -0.39 is 0 Å². The second kappa shape index (κ2) is 7.83. The smallest absolute Gasteiger partial charge is 0.266 e. The molecule has 0 aliphatic heterocycles. The van der Waals surface area contributed by atoms with Crippen molar-refractivity contribution in [3.63, 3.8) is 0 Å². The number of ether oxygens (including phenoxy) is 2. The van der Waals surface area contributed by atoms with Crippen molar-refractivity contribution in [2.75, 3.05) is 26.1 Å². The first-order valence-corrected chi connectivity index (χ1v) is 6.73. The summed E-state index contributed by atoms with van der Waals surface area (Å²) in [7, 11) is 3.11. The fraction of sp³-hybridized carbons (Fsp3) is 0.267. The Balaban J connectivity index is 1.83. The monoisotopic (exact) mass is 319 g/mol. The highest BCUT2D eigenvalue weighted by molar-refractivity contribution is 5.90. The maximum atomic E-state index is 11.6. The Kier molecular flexibility index (Phi) is 5.56. The third-order valence-electron chi connectivity index (χ3n) is 2.78. The van der Waals surface area contributed by atoms with Crippen LogP contribution in [0, 0.1) is 6.92 Å². The van der Waals surface area contributed by atoms with Gasteiger partial charge in [0, 0.05) is 11.6 Å². The normalized spacial score (nSPS) is 10.6. The summed E-state index contributed by atoms with van der Waals surface area (Å²) in [4.78, 5) is 16.5. The van der Waals surface area contributed by atoms with E-state index in [0.29, 0.717) is 23.1 Å². The van der Waals surface area contributed by atoms with Gasteiger partial charge in [-0.15, -0.1) is 0 Å². The number of aryl methyl sites for hydroxylation is 1. The molecule has 1 N–H and O–H groups in total. The average Bonchev–Trinajstić information content (AvgIpc) is 2.96. The highest BCUT2D eigenvalue weighted by atomic mass is 16.6. The first-order valence-electron chi connectivity index (χ1n) is 6.73. The van der Waals surface area contributed by atoms with Crippen LogP contribution in [0.2, 0.25) is 0 Å². The molecule has 23 heavy (non-hydrogen) atoms. The molecule has 1 aromatic heterocycles. The summed E-state index contributed by atoms with van der Waals surface area (Å²) in [6.45, 7) is 1.49. The molecular weight excluding hydrogens is 302 g/mol. The molecule has 2 rings (SSSR count). The lowest BCUT2D eigenvalue weighted by Crippen LogP contribution is -2.17. The van der Waals surface area contributed by atoms with Crippen molar-refractivity contribution in [3.8, 4) is 11.5 Å². The Bertz CT molecular complexity index is 696. The molecule has 1 heterocycles. The Labute approximate surface area is 133 Å². The van der Waals surface area contributed by atoms with E-state index in [0.717, 1.165) is 5.56 Å². The number of carbonyl (C=O) groups is 1. The maximum absolute atomic E-state index is 11.6. The van der Waals surface area contributed by atoms with Gasteiger partial charge in [-0.3, -0.25) is 4.79 Å². The minimum atomic E-state index is -0.386. The predicted molar refractivity (Wildman–Crippen MR) is 83.0 cm³/mol. The SMILES string of the molecule is COc1ccc(C=NOCC(=O)Nc2cc(C)on2)cc1OC. The number of methoxy groups -OCH3 is 2. The van der Waals surface area contributed by atoms with Crippen LogP contribution in [-0.4, -0.2) is 38.1 Å². The fourth-order valence-corrected chi connectivity index (χ4v) is 1.73. The third-order valence-corrected chi connectivity index (χ3v) is 2.78. The lowest BCUT2D eigenvalue weighted by atomic mass is 10.2. The zero-order valence-corrected chi connectivity index (χ0v) is 13.0. The lowest BCUT2D eigenvalue weighted by molar-refractivity contribution is -0.120. The topological polar surface area (TPSA) is 95.2 Å². The first kappa shape index (κ1) is 16.3. The number of carbonyl (C=O) groups excluding carboxylic acids is 1.